The van der Waals surface area contributed by atoms with Crippen molar-refractivity contribution in [3.05, 3.63) is 22.8 Å². The maximum Gasteiger partial charge on any atom is 0.158 e. The summed E-state index contributed by atoms with van der Waals surface area (Å²) in [6.45, 7) is 12.6. The van der Waals surface area contributed by atoms with E-state index in [2.05, 4.69) is 39.9 Å². The van der Waals surface area contributed by atoms with E-state index in [-0.39, 0.29) is 11.5 Å². The molecule has 0 radical (unpaired) electrons. The first kappa shape index (κ1) is 14.4. The fourth-order valence-corrected chi connectivity index (χ4v) is 2.66. The van der Waals surface area contributed by atoms with Gasteiger partial charge in [-0.2, -0.15) is 0 Å². The van der Waals surface area contributed by atoms with Crippen LogP contribution in [0.3, 0.4) is 0 Å². The molecule has 0 fully saturated rings. The summed E-state index contributed by atoms with van der Waals surface area (Å²) in [6.07, 6.45) is -0.0732. The molecule has 2 heterocycles. The third-order valence-corrected chi connectivity index (χ3v) is 3.54. The van der Waals surface area contributed by atoms with Gasteiger partial charge in [0.25, 0.3) is 0 Å². The molecule has 1 aliphatic heterocycles. The predicted molar refractivity (Wildman–Crippen MR) is 75.9 cm³/mol. The van der Waals surface area contributed by atoms with E-state index < -0.39 is 0 Å². The summed E-state index contributed by atoms with van der Waals surface area (Å²) in [4.78, 5) is 9.54. The molecule has 1 aliphatic rings. The Balaban J connectivity index is 2.50. The first-order chi connectivity index (χ1) is 8.84. The Hall–Kier alpha value is -1.00. The number of hydrogen-bond donors (Lipinski definition) is 1. The van der Waals surface area contributed by atoms with Crippen molar-refractivity contribution in [1.29, 1.82) is 0 Å². The predicted octanol–water partition coefficient (Wildman–Crippen LogP) is 2.94. The van der Waals surface area contributed by atoms with Crippen molar-refractivity contribution in [3.63, 3.8) is 0 Å². The minimum absolute atomic E-state index is 0.0106. The molecule has 0 amide bonds. The van der Waals surface area contributed by atoms with Crippen molar-refractivity contribution >= 4 is 0 Å². The van der Waals surface area contributed by atoms with Crippen molar-refractivity contribution in [1.82, 2.24) is 15.3 Å². The number of nitrogens with one attached hydrogen (secondary N) is 1. The highest BCUT2D eigenvalue weighted by atomic mass is 16.5. The number of nitrogens with zero attached hydrogens (tertiary/aromatic N) is 2. The number of hydrogen-bond acceptors (Lipinski definition) is 4. The van der Waals surface area contributed by atoms with Crippen LogP contribution in [-0.4, -0.2) is 17.1 Å². The minimum Gasteiger partial charge on any atom is -0.373 e. The fourth-order valence-electron chi connectivity index (χ4n) is 2.66. The number of ether oxygens (including phenoxy) is 1. The molecule has 4 nitrogen and oxygen atoms in total. The van der Waals surface area contributed by atoms with E-state index in [1.807, 2.05) is 0 Å². The van der Waals surface area contributed by atoms with Crippen LogP contribution in [-0.2, 0) is 17.8 Å². The number of rotatable bonds is 3. The Kier molecular flexibility index (Phi) is 3.92. The van der Waals surface area contributed by atoms with Gasteiger partial charge in [-0.05, 0) is 11.3 Å². The second kappa shape index (κ2) is 5.17. The molecule has 19 heavy (non-hydrogen) atoms. The number of aromatic nitrogens is 2. The summed E-state index contributed by atoms with van der Waals surface area (Å²) in [5, 5.41) is 3.36. The van der Waals surface area contributed by atoms with Crippen LogP contribution in [0.2, 0.25) is 0 Å². The van der Waals surface area contributed by atoms with Crippen LogP contribution in [0.5, 0.6) is 0 Å². The molecule has 4 heteroatoms. The zero-order valence-corrected chi connectivity index (χ0v) is 12.9. The lowest BCUT2D eigenvalue weighted by Crippen LogP contribution is -2.24. The van der Waals surface area contributed by atoms with Crippen molar-refractivity contribution < 1.29 is 4.74 Å². The quantitative estimate of drug-likeness (QED) is 0.911. The Morgan fingerprint density at radius 2 is 1.84 bits per heavy atom. The van der Waals surface area contributed by atoms with Crippen LogP contribution in [0, 0.1) is 5.41 Å². The largest absolute Gasteiger partial charge is 0.373 e. The molecular formula is C15H25N3O. The van der Waals surface area contributed by atoms with Gasteiger partial charge in [0, 0.05) is 25.8 Å². The van der Waals surface area contributed by atoms with Gasteiger partial charge in [-0.3, -0.25) is 0 Å². The third kappa shape index (κ3) is 2.79. The van der Waals surface area contributed by atoms with Crippen LogP contribution in [0.15, 0.2) is 0 Å². The lowest BCUT2D eigenvalue weighted by molar-refractivity contribution is 0.00832. The number of methoxy groups -OCH3 is 1. The molecule has 0 bridgehead atoms. The Morgan fingerprint density at radius 1 is 1.16 bits per heavy atom. The van der Waals surface area contributed by atoms with Gasteiger partial charge in [0.2, 0.25) is 0 Å². The summed E-state index contributed by atoms with van der Waals surface area (Å²) in [5.41, 5.74) is 3.57. The van der Waals surface area contributed by atoms with Crippen LogP contribution < -0.4 is 5.32 Å². The molecule has 0 saturated carbocycles. The summed E-state index contributed by atoms with van der Waals surface area (Å²) in [7, 11) is 1.74. The summed E-state index contributed by atoms with van der Waals surface area (Å²) < 4.78 is 5.65. The molecule has 1 aromatic rings. The van der Waals surface area contributed by atoms with E-state index in [1.165, 1.54) is 5.56 Å². The monoisotopic (exact) mass is 263 g/mol. The highest BCUT2D eigenvalue weighted by Gasteiger charge is 2.31. The molecule has 0 aromatic carbocycles. The van der Waals surface area contributed by atoms with Crippen molar-refractivity contribution in [2.45, 2.75) is 59.7 Å². The van der Waals surface area contributed by atoms with Crippen LogP contribution >= 0.6 is 0 Å². The minimum atomic E-state index is -0.0732. The van der Waals surface area contributed by atoms with E-state index in [0.29, 0.717) is 5.92 Å². The third-order valence-electron chi connectivity index (χ3n) is 3.54. The van der Waals surface area contributed by atoms with E-state index in [4.69, 9.17) is 14.7 Å². The Bertz CT molecular complexity index is 463. The fraction of sp³-hybridized carbons (Fsp3) is 0.733. The van der Waals surface area contributed by atoms with Gasteiger partial charge in [-0.25, -0.2) is 9.97 Å². The average molecular weight is 263 g/mol. The lowest BCUT2D eigenvalue weighted by atomic mass is 9.88. The Labute approximate surface area is 116 Å². The molecule has 0 aliphatic carbocycles. The molecule has 1 unspecified atom stereocenters. The van der Waals surface area contributed by atoms with Gasteiger partial charge in [0.05, 0.1) is 11.4 Å². The van der Waals surface area contributed by atoms with Crippen LogP contribution in [0.1, 0.15) is 69.4 Å². The summed E-state index contributed by atoms with van der Waals surface area (Å²) >= 11 is 0. The SMILES string of the molecule is COC(c1nc2c(c(C(C)C)n1)CNC2)C(C)(C)C. The van der Waals surface area contributed by atoms with E-state index in [0.717, 1.165) is 30.3 Å². The van der Waals surface area contributed by atoms with Crippen molar-refractivity contribution in [2.24, 2.45) is 5.41 Å². The maximum atomic E-state index is 5.65. The second-order valence-electron chi connectivity index (χ2n) is 6.63. The second-order valence-corrected chi connectivity index (χ2v) is 6.63. The van der Waals surface area contributed by atoms with Crippen LogP contribution in [0.25, 0.3) is 0 Å². The molecule has 1 N–H and O–H groups in total. The molecule has 106 valence electrons. The van der Waals surface area contributed by atoms with Crippen LogP contribution in [0.4, 0.5) is 0 Å². The average Bonchev–Trinajstić information content (AvgIpc) is 2.74. The summed E-state index contributed by atoms with van der Waals surface area (Å²) in [6, 6.07) is 0. The molecule has 2 rings (SSSR count). The molecular weight excluding hydrogens is 238 g/mol. The van der Waals surface area contributed by atoms with Gasteiger partial charge < -0.3 is 10.1 Å². The van der Waals surface area contributed by atoms with E-state index in [9.17, 15) is 0 Å². The first-order valence-corrected chi connectivity index (χ1v) is 6.97. The maximum absolute atomic E-state index is 5.65. The number of fused-ring (bicyclic) bond motifs is 1. The zero-order valence-electron chi connectivity index (χ0n) is 12.9. The molecule has 1 atom stereocenters. The van der Waals surface area contributed by atoms with E-state index >= 15 is 0 Å². The molecule has 0 saturated heterocycles. The highest BCUT2D eigenvalue weighted by molar-refractivity contribution is 5.31. The van der Waals surface area contributed by atoms with Crippen molar-refractivity contribution in [3.8, 4) is 0 Å². The molecule has 1 aromatic heterocycles. The van der Waals surface area contributed by atoms with Gasteiger partial charge in [-0.15, -0.1) is 0 Å². The standard InChI is InChI=1S/C15H25N3O/c1-9(2)12-10-7-16-8-11(10)17-14(18-12)13(19-6)15(3,4)5/h9,13,16H,7-8H2,1-6H3. The normalized spacial score (nSPS) is 16.8. The lowest BCUT2D eigenvalue weighted by Gasteiger charge is -2.29. The van der Waals surface area contributed by atoms with Gasteiger partial charge in [0.1, 0.15) is 6.10 Å². The Morgan fingerprint density at radius 3 is 2.37 bits per heavy atom. The topological polar surface area (TPSA) is 47.0 Å². The van der Waals surface area contributed by atoms with Gasteiger partial charge in [0.15, 0.2) is 5.82 Å². The zero-order chi connectivity index (χ0) is 14.2. The van der Waals surface area contributed by atoms with E-state index in [1.54, 1.807) is 7.11 Å². The highest BCUT2D eigenvalue weighted by Crippen LogP contribution is 2.35. The van der Waals surface area contributed by atoms with Crippen molar-refractivity contribution in [2.75, 3.05) is 7.11 Å². The summed E-state index contributed by atoms with van der Waals surface area (Å²) in [5.74, 6) is 1.23. The van der Waals surface area contributed by atoms with Gasteiger partial charge in [-0.1, -0.05) is 34.6 Å². The smallest absolute Gasteiger partial charge is 0.158 e. The first-order valence-electron chi connectivity index (χ1n) is 6.97. The van der Waals surface area contributed by atoms with Gasteiger partial charge >= 0.3 is 0 Å². The molecule has 0 spiro atoms.